The molecule has 0 aromatic rings. The van der Waals surface area contributed by atoms with Gasteiger partial charge in [0.05, 0.1) is 6.04 Å². The number of ketones is 1. The molecule has 3 aliphatic rings. The molecule has 5 amide bonds. The molecule has 5 N–H and O–H groups in total. The van der Waals surface area contributed by atoms with Crippen molar-refractivity contribution >= 4 is 35.3 Å². The van der Waals surface area contributed by atoms with Gasteiger partial charge in [0.1, 0.15) is 11.6 Å². The molecule has 0 unspecified atom stereocenters. The predicted octanol–water partition coefficient (Wildman–Crippen LogP) is 0.460. The van der Waals surface area contributed by atoms with Gasteiger partial charge in [0.2, 0.25) is 29.4 Å². The maximum absolute atomic E-state index is 13.9. The van der Waals surface area contributed by atoms with Crippen LogP contribution in [0.25, 0.3) is 0 Å². The highest BCUT2D eigenvalue weighted by atomic mass is 19.3. The molecule has 218 valence electrons. The molecule has 1 aliphatic heterocycles. The molecule has 2 aliphatic carbocycles. The summed E-state index contributed by atoms with van der Waals surface area (Å²) < 4.78 is 27.8. The first kappa shape index (κ1) is 30.4. The molecule has 2 saturated carbocycles. The van der Waals surface area contributed by atoms with Gasteiger partial charge < -0.3 is 26.6 Å². The van der Waals surface area contributed by atoms with E-state index in [4.69, 9.17) is 0 Å². The van der Waals surface area contributed by atoms with E-state index in [9.17, 15) is 37.5 Å². The molecule has 0 spiro atoms. The zero-order chi connectivity index (χ0) is 29.2. The zero-order valence-corrected chi connectivity index (χ0v) is 22.9. The number of Topliss-reactive ketones (excluding diaryl/α,β-unsaturated/α-hetero) is 1. The van der Waals surface area contributed by atoms with Gasteiger partial charge in [0, 0.05) is 36.8 Å². The lowest BCUT2D eigenvalue weighted by molar-refractivity contribution is -0.168. The Bertz CT molecular complexity index is 1010. The number of hydrogen-bond donors (Lipinski definition) is 5. The summed E-state index contributed by atoms with van der Waals surface area (Å²) in [4.78, 5) is 76.7. The van der Waals surface area contributed by atoms with Gasteiger partial charge in [0.25, 0.3) is 11.8 Å². The Morgan fingerprint density at radius 2 is 1.67 bits per heavy atom. The predicted molar refractivity (Wildman–Crippen MR) is 135 cm³/mol. The average Bonchev–Trinajstić information content (AvgIpc) is 3.54. The molecule has 3 rings (SSSR count). The number of rotatable bonds is 12. The second-order valence-corrected chi connectivity index (χ2v) is 12.0. The van der Waals surface area contributed by atoms with E-state index in [2.05, 4.69) is 26.6 Å². The highest BCUT2D eigenvalue weighted by molar-refractivity contribution is 6.38. The molecule has 0 radical (unpaired) electrons. The summed E-state index contributed by atoms with van der Waals surface area (Å²) >= 11 is 0. The standard InChI is InChI=1S/C26H39F2N5O6/c1-5-6-16(32-23(39)25(12-26(27,28)13-25)33-22(38)24(2,3)4)20(36)31-17(11-14-9-10-29-19(14)35)18(34)21(37)30-15-7-8-15/h14-17H,5-13H2,1-4H3,(H,29,35)(H,30,37)(H,31,36)(H,32,39)(H,33,38)/t14-,16-,17-/m0/s1. The van der Waals surface area contributed by atoms with Gasteiger partial charge in [-0.3, -0.25) is 28.8 Å². The van der Waals surface area contributed by atoms with Gasteiger partial charge in [-0.05, 0) is 32.1 Å². The van der Waals surface area contributed by atoms with Crippen molar-refractivity contribution in [2.24, 2.45) is 11.3 Å². The van der Waals surface area contributed by atoms with E-state index in [1.165, 1.54) is 0 Å². The second kappa shape index (κ2) is 11.5. The Labute approximate surface area is 226 Å². The van der Waals surface area contributed by atoms with E-state index >= 15 is 0 Å². The van der Waals surface area contributed by atoms with E-state index in [0.29, 0.717) is 19.4 Å². The fourth-order valence-electron chi connectivity index (χ4n) is 4.70. The topological polar surface area (TPSA) is 163 Å². The Morgan fingerprint density at radius 1 is 1.03 bits per heavy atom. The number of alkyl halides is 2. The van der Waals surface area contributed by atoms with Crippen molar-refractivity contribution in [1.82, 2.24) is 26.6 Å². The van der Waals surface area contributed by atoms with Gasteiger partial charge in [0.15, 0.2) is 0 Å². The largest absolute Gasteiger partial charge is 0.356 e. The van der Waals surface area contributed by atoms with Crippen LogP contribution < -0.4 is 26.6 Å². The van der Waals surface area contributed by atoms with Crippen molar-refractivity contribution in [3.63, 3.8) is 0 Å². The Kier molecular flexibility index (Phi) is 9.01. The highest BCUT2D eigenvalue weighted by Gasteiger charge is 2.62. The maximum atomic E-state index is 13.9. The van der Waals surface area contributed by atoms with Crippen LogP contribution in [0.5, 0.6) is 0 Å². The SMILES string of the molecule is CCC[C@H](NC(=O)C1(NC(=O)C(C)(C)C)CC(F)(F)C1)C(=O)N[C@@H](C[C@@H]1CCNC1=O)C(=O)C(=O)NC1CC1. The van der Waals surface area contributed by atoms with Crippen LogP contribution in [0.2, 0.25) is 0 Å². The lowest BCUT2D eigenvalue weighted by Gasteiger charge is -2.47. The van der Waals surface area contributed by atoms with Crippen LogP contribution in [-0.2, 0) is 28.8 Å². The summed E-state index contributed by atoms with van der Waals surface area (Å²) in [5.41, 5.74) is -2.83. The molecule has 13 heteroatoms. The van der Waals surface area contributed by atoms with Crippen molar-refractivity contribution in [2.75, 3.05) is 6.54 Å². The van der Waals surface area contributed by atoms with Crippen LogP contribution in [0.1, 0.15) is 79.1 Å². The highest BCUT2D eigenvalue weighted by Crippen LogP contribution is 2.46. The summed E-state index contributed by atoms with van der Waals surface area (Å²) in [7, 11) is 0. The average molecular weight is 556 g/mol. The molecule has 0 bridgehead atoms. The maximum Gasteiger partial charge on any atom is 0.289 e. The van der Waals surface area contributed by atoms with Crippen LogP contribution in [-0.4, -0.2) is 71.5 Å². The molecular weight excluding hydrogens is 516 g/mol. The first-order valence-corrected chi connectivity index (χ1v) is 13.5. The monoisotopic (exact) mass is 555 g/mol. The van der Waals surface area contributed by atoms with Crippen molar-refractivity contribution in [3.05, 3.63) is 0 Å². The van der Waals surface area contributed by atoms with Crippen molar-refractivity contribution in [2.45, 2.75) is 109 Å². The molecule has 0 aromatic carbocycles. The number of carbonyl (C=O) groups is 6. The molecule has 3 atom stereocenters. The number of hydrogen-bond acceptors (Lipinski definition) is 6. The summed E-state index contributed by atoms with van der Waals surface area (Å²) in [5.74, 6) is -8.09. The van der Waals surface area contributed by atoms with Crippen molar-refractivity contribution in [3.8, 4) is 0 Å². The summed E-state index contributed by atoms with van der Waals surface area (Å²) in [6.45, 7) is 6.90. The third-order valence-electron chi connectivity index (χ3n) is 7.24. The van der Waals surface area contributed by atoms with Gasteiger partial charge >= 0.3 is 0 Å². The third kappa shape index (κ3) is 7.72. The second-order valence-electron chi connectivity index (χ2n) is 12.0. The fraction of sp³-hybridized carbons (Fsp3) is 0.769. The molecule has 1 heterocycles. The molecule has 39 heavy (non-hydrogen) atoms. The van der Waals surface area contributed by atoms with Crippen LogP contribution in [0, 0.1) is 11.3 Å². The van der Waals surface area contributed by atoms with Crippen molar-refractivity contribution in [1.29, 1.82) is 0 Å². The van der Waals surface area contributed by atoms with Crippen LogP contribution in [0.3, 0.4) is 0 Å². The first-order valence-electron chi connectivity index (χ1n) is 13.5. The molecule has 11 nitrogen and oxygen atoms in total. The Morgan fingerprint density at radius 3 is 2.15 bits per heavy atom. The van der Waals surface area contributed by atoms with Gasteiger partial charge in [-0.25, -0.2) is 8.78 Å². The minimum atomic E-state index is -3.15. The Balaban J connectivity index is 1.75. The normalized spacial score (nSPS) is 22.9. The van der Waals surface area contributed by atoms with Crippen molar-refractivity contribution < 1.29 is 37.5 Å². The van der Waals surface area contributed by atoms with E-state index in [0.717, 1.165) is 12.8 Å². The summed E-state index contributed by atoms with van der Waals surface area (Å²) in [6, 6.07) is -2.64. The number of nitrogens with one attached hydrogen (secondary N) is 5. The molecule has 0 aromatic heterocycles. The van der Waals surface area contributed by atoms with Gasteiger partial charge in [-0.1, -0.05) is 34.1 Å². The van der Waals surface area contributed by atoms with E-state index in [1.807, 2.05) is 0 Å². The van der Waals surface area contributed by atoms with E-state index < -0.39 is 77.1 Å². The molecule has 3 fully saturated rings. The number of carbonyl (C=O) groups excluding carboxylic acids is 6. The quantitative estimate of drug-likeness (QED) is 0.220. The molecular formula is C26H39F2N5O6. The van der Waals surface area contributed by atoms with Gasteiger partial charge in [-0.2, -0.15) is 0 Å². The Hall–Kier alpha value is -3.12. The number of amides is 5. The smallest absolute Gasteiger partial charge is 0.289 e. The zero-order valence-electron chi connectivity index (χ0n) is 22.9. The minimum Gasteiger partial charge on any atom is -0.356 e. The fourth-order valence-corrected chi connectivity index (χ4v) is 4.70. The summed E-state index contributed by atoms with van der Waals surface area (Å²) in [5, 5.41) is 12.7. The van der Waals surface area contributed by atoms with E-state index in [-0.39, 0.29) is 24.8 Å². The van der Waals surface area contributed by atoms with Crippen LogP contribution in [0.15, 0.2) is 0 Å². The third-order valence-corrected chi connectivity index (χ3v) is 7.24. The lowest BCUT2D eigenvalue weighted by atomic mass is 9.71. The first-order chi connectivity index (χ1) is 18.1. The van der Waals surface area contributed by atoms with Gasteiger partial charge in [-0.15, -0.1) is 0 Å². The molecule has 1 saturated heterocycles. The van der Waals surface area contributed by atoms with Crippen LogP contribution in [0.4, 0.5) is 8.78 Å². The number of halogens is 2. The van der Waals surface area contributed by atoms with Crippen LogP contribution >= 0.6 is 0 Å². The minimum absolute atomic E-state index is 0.0974. The summed E-state index contributed by atoms with van der Waals surface area (Å²) in [6.07, 6.45) is 0.538. The lowest BCUT2D eigenvalue weighted by Crippen LogP contribution is -2.71. The van der Waals surface area contributed by atoms with E-state index in [1.54, 1.807) is 27.7 Å².